The molecule has 0 aliphatic carbocycles. The molecule has 15 heteroatoms. The predicted molar refractivity (Wildman–Crippen MR) is 344 cm³/mol. The van der Waals surface area contributed by atoms with Gasteiger partial charge in [-0.15, -0.1) is 24.8 Å². The Labute approximate surface area is 500 Å². The second kappa shape index (κ2) is 36.7. The van der Waals surface area contributed by atoms with Crippen molar-refractivity contribution in [2.45, 2.75) is 84.5 Å². The minimum Gasteiger partial charge on any atom is -0.379 e. The molecule has 81 heavy (non-hydrogen) atoms. The number of nitrogens with two attached hydrogens (primary N) is 1. The van der Waals surface area contributed by atoms with Gasteiger partial charge in [0.2, 0.25) is 0 Å². The van der Waals surface area contributed by atoms with Crippen LogP contribution in [0.4, 0.5) is 9.59 Å². The molecule has 2 aliphatic heterocycles. The molecule has 2 atom stereocenters. The Morgan fingerprint density at radius 3 is 1.37 bits per heavy atom. The molecule has 9 rings (SSSR count). The molecule has 12 nitrogen and oxygen atoms in total. The first kappa shape index (κ1) is 67.8. The Bertz CT molecular complexity index is 2870. The molecule has 2 heterocycles. The molecule has 0 saturated carbocycles. The summed E-state index contributed by atoms with van der Waals surface area (Å²) in [7, 11) is 0. The van der Waals surface area contributed by atoms with Crippen LogP contribution in [0.15, 0.2) is 169 Å². The van der Waals surface area contributed by atoms with Crippen molar-refractivity contribution in [3.63, 3.8) is 0 Å². The topological polar surface area (TPSA) is 128 Å². The van der Waals surface area contributed by atoms with Crippen molar-refractivity contribution in [1.29, 1.82) is 0 Å². The lowest BCUT2D eigenvalue weighted by molar-refractivity contribution is 0.0364. The van der Waals surface area contributed by atoms with E-state index in [1.54, 1.807) is 11.9 Å². The van der Waals surface area contributed by atoms with Crippen LogP contribution in [0.25, 0.3) is 21.5 Å². The summed E-state index contributed by atoms with van der Waals surface area (Å²) in [5.74, 6) is 0. The highest BCUT2D eigenvalue weighted by atomic mass is 35.5. The minimum absolute atomic E-state index is 0. The number of carbonyl (C=O) groups excluding carboxylic acids is 2. The summed E-state index contributed by atoms with van der Waals surface area (Å²) in [6, 6.07) is 56.5. The van der Waals surface area contributed by atoms with E-state index in [4.69, 9.17) is 15.2 Å². The van der Waals surface area contributed by atoms with E-state index < -0.39 is 0 Å². The fourth-order valence-corrected chi connectivity index (χ4v) is 10.8. The second-order valence-corrected chi connectivity index (χ2v) is 21.1. The van der Waals surface area contributed by atoms with E-state index in [0.717, 1.165) is 120 Å². The van der Waals surface area contributed by atoms with Crippen LogP contribution in [-0.2, 0) is 35.4 Å². The maximum Gasteiger partial charge on any atom is 0.318 e. The van der Waals surface area contributed by atoms with Gasteiger partial charge in [0, 0.05) is 76.9 Å². The van der Waals surface area contributed by atoms with E-state index in [-0.39, 0.29) is 63.8 Å². The zero-order chi connectivity index (χ0) is 53.4. The number of amides is 4. The van der Waals surface area contributed by atoms with Crippen LogP contribution in [0.1, 0.15) is 87.0 Å². The highest BCUT2D eigenvalue weighted by Gasteiger charge is 2.22. The highest BCUT2D eigenvalue weighted by Crippen LogP contribution is 2.26. The summed E-state index contributed by atoms with van der Waals surface area (Å²) in [6.07, 6.45) is 3.68. The number of urea groups is 2. The maximum absolute atomic E-state index is 13.7. The third-order valence-corrected chi connectivity index (χ3v) is 15.4. The van der Waals surface area contributed by atoms with Gasteiger partial charge in [-0.3, -0.25) is 14.5 Å². The van der Waals surface area contributed by atoms with Crippen LogP contribution >= 0.6 is 36.8 Å². The SMILES string of the molecule is C.C.C[C@H](NC(=O)N(CCCN1CCOCC1)Cc1ccc(CCN)cc1)c1cccc2ccccc12.C[C@H](NC(=O)N(CCCN1CCOCC1)Cc1ccc(CCNSc2ccccc2)cc1)c1cccc2ccccc12.Cl.Cl. The van der Waals surface area contributed by atoms with Crippen molar-refractivity contribution in [1.82, 2.24) is 35.0 Å². The Morgan fingerprint density at radius 2 is 0.926 bits per heavy atom. The van der Waals surface area contributed by atoms with Gasteiger partial charge >= 0.3 is 12.1 Å². The van der Waals surface area contributed by atoms with Gasteiger partial charge in [-0.25, -0.2) is 9.59 Å². The van der Waals surface area contributed by atoms with Crippen LogP contribution in [0.5, 0.6) is 0 Å². The molecule has 438 valence electrons. The number of benzene rings is 7. The first-order valence-electron chi connectivity index (χ1n) is 27.8. The summed E-state index contributed by atoms with van der Waals surface area (Å²) in [5.41, 5.74) is 12.7. The van der Waals surface area contributed by atoms with Gasteiger partial charge in [0.25, 0.3) is 0 Å². The number of rotatable bonds is 23. The average Bonchev–Trinajstić information content (AvgIpc) is 3.47. The summed E-state index contributed by atoms with van der Waals surface area (Å²) in [5, 5.41) is 11.3. The fourth-order valence-electron chi connectivity index (χ4n) is 10.1. The fraction of sp³-hybridized carbons (Fsp3) is 0.394. The van der Waals surface area contributed by atoms with Gasteiger partial charge in [-0.2, -0.15) is 0 Å². The summed E-state index contributed by atoms with van der Waals surface area (Å²) in [4.78, 5) is 37.1. The Hall–Kier alpha value is -5.71. The van der Waals surface area contributed by atoms with Crippen molar-refractivity contribution in [3.05, 3.63) is 197 Å². The van der Waals surface area contributed by atoms with Crippen LogP contribution < -0.4 is 21.1 Å². The summed E-state index contributed by atoms with van der Waals surface area (Å²) < 4.78 is 14.4. The second-order valence-electron chi connectivity index (χ2n) is 20.2. The molecule has 2 fully saturated rings. The number of morpholine rings is 2. The van der Waals surface area contributed by atoms with E-state index in [1.165, 1.54) is 37.6 Å². The molecule has 2 aliphatic rings. The smallest absolute Gasteiger partial charge is 0.318 e. The standard InChI is InChI=1S/C35H42N4O2S.C29H38N4O2.2CH4.2ClH/c1-28(33-14-7-10-31-9-5-6-13-34(31)33)37-35(40)39(22-8-21-38-23-25-41-26-24-38)27-30-17-15-29(16-18-30)19-20-36-42-32-11-3-2-4-12-32;1-23(27-9-4-7-26-6-2-3-8-28(26)27)31-29(34)33(17-5-16-32-18-20-35-21-19-32)22-25-12-10-24(11-13-25)14-15-30;;;;/h2-7,9-18,28,36H,8,19-27H2,1H3,(H,37,40);2-4,6-13,23H,5,14-22,30H2,1H3,(H,31,34);2*1H4;2*1H/t28-;23-;;;;/m00..../s1. The van der Waals surface area contributed by atoms with E-state index in [1.807, 2.05) is 28.0 Å². The normalized spacial score (nSPS) is 14.1. The van der Waals surface area contributed by atoms with Gasteiger partial charge in [-0.1, -0.05) is 167 Å². The van der Waals surface area contributed by atoms with Crippen molar-refractivity contribution in [2.24, 2.45) is 5.73 Å². The Kier molecular flexibility index (Phi) is 30.7. The molecule has 4 amide bonds. The number of hydrogen-bond acceptors (Lipinski definition) is 9. The molecule has 5 N–H and O–H groups in total. The number of nitrogens with zero attached hydrogens (tertiary/aromatic N) is 4. The summed E-state index contributed by atoms with van der Waals surface area (Å²) in [6.45, 7) is 17.2. The van der Waals surface area contributed by atoms with Crippen LogP contribution in [0.2, 0.25) is 0 Å². The van der Waals surface area contributed by atoms with E-state index in [0.29, 0.717) is 32.7 Å². The zero-order valence-electron chi connectivity index (χ0n) is 46.1. The number of halogens is 2. The quantitative estimate of drug-likeness (QED) is 0.0366. The Balaban J connectivity index is 0.000000337. The molecular weight excluding hydrogens is 1070 g/mol. The van der Waals surface area contributed by atoms with Gasteiger partial charge in [0.05, 0.1) is 38.5 Å². The largest absolute Gasteiger partial charge is 0.379 e. The molecule has 0 unspecified atom stereocenters. The number of nitrogens with one attached hydrogen (secondary N) is 3. The molecule has 2 saturated heterocycles. The Morgan fingerprint density at radius 1 is 0.531 bits per heavy atom. The van der Waals surface area contributed by atoms with E-state index in [9.17, 15) is 9.59 Å². The minimum atomic E-state index is -0.103. The average molecular weight is 1160 g/mol. The maximum atomic E-state index is 13.7. The van der Waals surface area contributed by atoms with Crippen LogP contribution in [0, 0.1) is 0 Å². The van der Waals surface area contributed by atoms with E-state index >= 15 is 0 Å². The van der Waals surface area contributed by atoms with Gasteiger partial charge < -0.3 is 35.6 Å². The molecule has 7 aromatic rings. The van der Waals surface area contributed by atoms with Gasteiger partial charge in [0.1, 0.15) is 0 Å². The number of fused-ring (bicyclic) bond motifs is 2. The lowest BCUT2D eigenvalue weighted by Gasteiger charge is -2.29. The zero-order valence-corrected chi connectivity index (χ0v) is 48.6. The van der Waals surface area contributed by atoms with Gasteiger partial charge in [-0.05, 0) is 125 Å². The molecular formula is C66H90Cl2N8O4S. The third kappa shape index (κ3) is 21.5. The molecule has 0 radical (unpaired) electrons. The van der Waals surface area contributed by atoms with Crippen LogP contribution in [0.3, 0.4) is 0 Å². The molecule has 7 aromatic carbocycles. The lowest BCUT2D eigenvalue weighted by atomic mass is 10.00. The lowest BCUT2D eigenvalue weighted by Crippen LogP contribution is -2.43. The van der Waals surface area contributed by atoms with Crippen molar-refractivity contribution >= 4 is 70.4 Å². The van der Waals surface area contributed by atoms with Crippen LogP contribution in [-0.4, -0.2) is 124 Å². The highest BCUT2D eigenvalue weighted by molar-refractivity contribution is 7.97. The molecule has 0 spiro atoms. The number of carbonyl (C=O) groups is 2. The molecule has 0 aromatic heterocycles. The van der Waals surface area contributed by atoms with Gasteiger partial charge in [0.15, 0.2) is 0 Å². The predicted octanol–water partition coefficient (Wildman–Crippen LogP) is 13.1. The number of ether oxygens (including phenoxy) is 2. The first-order valence-corrected chi connectivity index (χ1v) is 28.6. The number of hydrogen-bond donors (Lipinski definition) is 4. The third-order valence-electron chi connectivity index (χ3n) is 14.5. The first-order chi connectivity index (χ1) is 37.8. The van der Waals surface area contributed by atoms with E-state index in [2.05, 4.69) is 185 Å². The summed E-state index contributed by atoms with van der Waals surface area (Å²) >= 11 is 1.66. The van der Waals surface area contributed by atoms with Crippen molar-refractivity contribution in [2.75, 3.05) is 91.9 Å². The monoisotopic (exact) mass is 1160 g/mol. The molecule has 0 bridgehead atoms. The van der Waals surface area contributed by atoms with Crippen molar-refractivity contribution < 1.29 is 19.1 Å². The van der Waals surface area contributed by atoms with Crippen molar-refractivity contribution in [3.8, 4) is 0 Å².